The van der Waals surface area contributed by atoms with E-state index < -0.39 is 89.5 Å². The zero-order valence-electron chi connectivity index (χ0n) is 16.3. The van der Waals surface area contributed by atoms with Crippen molar-refractivity contribution in [2.24, 2.45) is 5.41 Å². The van der Waals surface area contributed by atoms with E-state index in [1.807, 2.05) is 0 Å². The molecule has 0 aliphatic heterocycles. The summed E-state index contributed by atoms with van der Waals surface area (Å²) in [7, 11) is -18.5. The molecule has 4 N–H and O–H groups in total. The van der Waals surface area contributed by atoms with E-state index in [1.54, 1.807) is 0 Å². The summed E-state index contributed by atoms with van der Waals surface area (Å²) in [5.41, 5.74) is -11.0. The van der Waals surface area contributed by atoms with Crippen molar-refractivity contribution in [3.05, 3.63) is 0 Å². The second-order valence-electron chi connectivity index (χ2n) is 7.13. The van der Waals surface area contributed by atoms with Gasteiger partial charge in [0.15, 0.2) is 61.1 Å². The summed E-state index contributed by atoms with van der Waals surface area (Å²) in [5, 5.41) is 37.9. The fourth-order valence-electron chi connectivity index (χ4n) is 2.44. The molecule has 0 fully saturated rings. The Hall–Kier alpha value is -0.360. The highest BCUT2D eigenvalue weighted by molar-refractivity contribution is 7.94. The molecule has 4 unspecified atom stereocenters. The van der Waals surface area contributed by atoms with Crippen molar-refractivity contribution in [3.8, 4) is 0 Å². The monoisotopic (exact) mass is 504 g/mol. The SMILES string of the molecule is CC(O)S(=O)(=O)CC(CS(=O)(=O)C(C)O)(CS(=O)(=O)C(C)O)CS(=O)(=O)C(C)O. The van der Waals surface area contributed by atoms with Gasteiger partial charge in [-0.1, -0.05) is 0 Å². The van der Waals surface area contributed by atoms with E-state index in [1.165, 1.54) is 0 Å². The third-order valence-electron chi connectivity index (χ3n) is 4.11. The number of sulfone groups is 4. The Bertz CT molecular complexity index is 805. The lowest BCUT2D eigenvalue weighted by atomic mass is 9.99. The van der Waals surface area contributed by atoms with Gasteiger partial charge in [0.05, 0.1) is 23.0 Å². The molecule has 0 radical (unpaired) electrons. The lowest BCUT2D eigenvalue weighted by Gasteiger charge is -2.34. The second-order valence-corrected chi connectivity index (χ2v) is 16.3. The van der Waals surface area contributed by atoms with Crippen LogP contribution in [0.4, 0.5) is 0 Å². The molecule has 0 aromatic heterocycles. The van der Waals surface area contributed by atoms with Crippen molar-refractivity contribution >= 4 is 39.3 Å². The molecule has 4 atom stereocenters. The van der Waals surface area contributed by atoms with E-state index in [2.05, 4.69) is 0 Å². The number of hydrogen-bond donors (Lipinski definition) is 4. The average molecular weight is 505 g/mol. The van der Waals surface area contributed by atoms with Crippen molar-refractivity contribution in [2.45, 2.75) is 49.4 Å². The van der Waals surface area contributed by atoms with Gasteiger partial charge in [0.1, 0.15) is 0 Å². The molecular weight excluding hydrogens is 476 g/mol. The van der Waals surface area contributed by atoms with Gasteiger partial charge in [0, 0.05) is 5.41 Å². The Labute approximate surface area is 171 Å². The second kappa shape index (κ2) is 9.42. The molecule has 176 valence electrons. The minimum absolute atomic E-state index is 0.801. The maximum atomic E-state index is 12.3. The molecule has 0 amide bonds. The largest absolute Gasteiger partial charge is 0.377 e. The van der Waals surface area contributed by atoms with E-state index in [9.17, 15) is 54.1 Å². The number of hydrogen-bond acceptors (Lipinski definition) is 12. The first-order chi connectivity index (χ1) is 12.6. The zero-order chi connectivity index (χ0) is 23.6. The zero-order valence-corrected chi connectivity index (χ0v) is 19.6. The van der Waals surface area contributed by atoms with Crippen molar-refractivity contribution < 1.29 is 54.1 Å². The van der Waals surface area contributed by atoms with E-state index in [0.717, 1.165) is 27.7 Å². The molecule has 16 heteroatoms. The van der Waals surface area contributed by atoms with Crippen LogP contribution < -0.4 is 0 Å². The molecule has 0 aromatic carbocycles. The molecule has 12 nitrogen and oxygen atoms in total. The highest BCUT2D eigenvalue weighted by atomic mass is 32.2. The summed E-state index contributed by atoms with van der Waals surface area (Å²) in [5.74, 6) is -5.66. The first kappa shape index (κ1) is 28.6. The Morgan fingerprint density at radius 3 is 0.724 bits per heavy atom. The molecule has 0 aliphatic rings. The summed E-state index contributed by atoms with van der Waals surface area (Å²) in [6.07, 6.45) is 0. The Kier molecular flexibility index (Phi) is 9.30. The van der Waals surface area contributed by atoms with E-state index in [4.69, 9.17) is 0 Å². The van der Waals surface area contributed by atoms with Crippen LogP contribution in [0.3, 0.4) is 0 Å². The van der Waals surface area contributed by atoms with Gasteiger partial charge in [0.2, 0.25) is 0 Å². The van der Waals surface area contributed by atoms with Crippen molar-refractivity contribution in [2.75, 3.05) is 23.0 Å². The first-order valence-electron chi connectivity index (χ1n) is 8.19. The first-order valence-corrected chi connectivity index (χ1v) is 15.0. The van der Waals surface area contributed by atoms with Gasteiger partial charge in [-0.3, -0.25) is 0 Å². The molecule has 29 heavy (non-hydrogen) atoms. The van der Waals surface area contributed by atoms with Crippen LogP contribution in [0.1, 0.15) is 27.7 Å². The van der Waals surface area contributed by atoms with Crippen LogP contribution in [0.2, 0.25) is 0 Å². The predicted molar refractivity (Wildman–Crippen MR) is 104 cm³/mol. The minimum atomic E-state index is -4.63. The lowest BCUT2D eigenvalue weighted by Crippen LogP contribution is -2.51. The smallest absolute Gasteiger partial charge is 0.177 e. The summed E-state index contributed by atoms with van der Waals surface area (Å²) >= 11 is 0. The third kappa shape index (κ3) is 8.01. The van der Waals surface area contributed by atoms with Gasteiger partial charge in [-0.25, -0.2) is 33.7 Å². The Morgan fingerprint density at radius 1 is 0.483 bits per heavy atom. The van der Waals surface area contributed by atoms with Crippen LogP contribution >= 0.6 is 0 Å². The van der Waals surface area contributed by atoms with Gasteiger partial charge in [-0.2, -0.15) is 0 Å². The van der Waals surface area contributed by atoms with Gasteiger partial charge < -0.3 is 20.4 Å². The maximum absolute atomic E-state index is 12.3. The van der Waals surface area contributed by atoms with E-state index in [0.29, 0.717) is 0 Å². The van der Waals surface area contributed by atoms with Gasteiger partial charge >= 0.3 is 0 Å². The topological polar surface area (TPSA) is 217 Å². The van der Waals surface area contributed by atoms with E-state index >= 15 is 0 Å². The molecule has 0 saturated carbocycles. The van der Waals surface area contributed by atoms with Crippen LogP contribution in [0.15, 0.2) is 0 Å². The molecule has 0 rings (SSSR count). The summed E-state index contributed by atoms with van der Waals surface area (Å²) in [4.78, 5) is 0. The van der Waals surface area contributed by atoms with Gasteiger partial charge in [0.25, 0.3) is 0 Å². The fourth-order valence-corrected chi connectivity index (χ4v) is 8.82. The highest BCUT2D eigenvalue weighted by Gasteiger charge is 2.49. The maximum Gasteiger partial charge on any atom is 0.177 e. The molecule has 0 bridgehead atoms. The molecule has 0 heterocycles. The third-order valence-corrected chi connectivity index (χ3v) is 12.3. The molecule has 0 spiro atoms. The number of aliphatic hydroxyl groups excluding tert-OH is 4. The molecular formula is C13H28O12S4. The summed E-state index contributed by atoms with van der Waals surface area (Å²) in [6, 6.07) is 0. The minimum Gasteiger partial charge on any atom is -0.377 e. The van der Waals surface area contributed by atoms with E-state index in [-0.39, 0.29) is 0 Å². The number of rotatable bonds is 12. The van der Waals surface area contributed by atoms with Crippen LogP contribution in [-0.2, 0) is 39.3 Å². The van der Waals surface area contributed by atoms with Gasteiger partial charge in [-0.05, 0) is 27.7 Å². The average Bonchev–Trinajstić information content (AvgIpc) is 2.43. The standard InChI is InChI=1S/C13H28O12S4/c1-9(14)26(18,19)5-13(6-27(20,21)10(2)15,7-28(22,23)11(3)16)8-29(24,25)12(4)17/h9-12,14-17H,5-8H2,1-4H3. The fraction of sp³-hybridized carbons (Fsp3) is 1.00. The van der Waals surface area contributed by atoms with Crippen molar-refractivity contribution in [1.29, 1.82) is 0 Å². The Balaban J connectivity index is 6.93. The molecule has 0 aliphatic carbocycles. The van der Waals surface area contributed by atoms with Crippen LogP contribution in [0, 0.1) is 5.41 Å². The quantitative estimate of drug-likeness (QED) is 0.209. The Morgan fingerprint density at radius 2 is 0.621 bits per heavy atom. The normalized spacial score (nSPS) is 20.4. The van der Waals surface area contributed by atoms with Gasteiger partial charge in [-0.15, -0.1) is 0 Å². The van der Waals surface area contributed by atoms with Crippen molar-refractivity contribution in [3.63, 3.8) is 0 Å². The highest BCUT2D eigenvalue weighted by Crippen LogP contribution is 2.31. The predicted octanol–water partition coefficient (Wildman–Crippen LogP) is -3.01. The van der Waals surface area contributed by atoms with Crippen LogP contribution in [0.5, 0.6) is 0 Å². The molecule has 0 saturated heterocycles. The van der Waals surface area contributed by atoms with Crippen molar-refractivity contribution in [1.82, 2.24) is 0 Å². The lowest BCUT2D eigenvalue weighted by molar-refractivity contribution is 0.256. The summed E-state index contributed by atoms with van der Waals surface area (Å²) < 4.78 is 98.3. The number of aliphatic hydroxyl groups is 4. The molecule has 0 aromatic rings. The summed E-state index contributed by atoms with van der Waals surface area (Å²) in [6.45, 7) is 3.20. The van der Waals surface area contributed by atoms with Crippen LogP contribution in [-0.4, -0.2) is 98.9 Å². The van der Waals surface area contributed by atoms with Crippen LogP contribution in [0.25, 0.3) is 0 Å².